The van der Waals surface area contributed by atoms with Gasteiger partial charge in [-0.25, -0.2) is 0 Å². The summed E-state index contributed by atoms with van der Waals surface area (Å²) < 4.78 is 0. The van der Waals surface area contributed by atoms with Crippen LogP contribution in [0, 0.1) is 11.8 Å². The first-order valence-corrected chi connectivity index (χ1v) is 5.18. The van der Waals surface area contributed by atoms with Gasteiger partial charge in [0, 0.05) is 5.56 Å². The molecule has 1 aromatic carbocycles. The molecule has 1 rings (SSSR count). The number of carbonyl (C=O) groups is 1. The Morgan fingerprint density at radius 3 is 2.33 bits per heavy atom. The van der Waals surface area contributed by atoms with Crippen LogP contribution in [0.25, 0.3) is 0 Å². The molecule has 0 aliphatic heterocycles. The van der Waals surface area contributed by atoms with Gasteiger partial charge in [0.05, 0.1) is 6.42 Å². The van der Waals surface area contributed by atoms with Crippen LogP contribution in [0.5, 0.6) is 0 Å². The van der Waals surface area contributed by atoms with E-state index < -0.39 is 0 Å². The molecule has 15 heavy (non-hydrogen) atoms. The molecule has 0 aliphatic rings. The predicted molar refractivity (Wildman–Crippen MR) is 62.9 cm³/mol. The molecule has 1 nitrogen and oxygen atoms in total. The third kappa shape index (κ3) is 3.25. The molecule has 0 N–H and O–H groups in total. The smallest absolute Gasteiger partial charge is 0.174 e. The minimum Gasteiger partial charge on any atom is -0.293 e. The number of benzene rings is 1. The van der Waals surface area contributed by atoms with Crippen LogP contribution in [0.15, 0.2) is 24.3 Å². The predicted octanol–water partition coefficient (Wildman–Crippen LogP) is 3.41. The zero-order valence-electron chi connectivity index (χ0n) is 9.50. The molecule has 0 saturated heterocycles. The van der Waals surface area contributed by atoms with Gasteiger partial charge in [0.15, 0.2) is 5.78 Å². The maximum atomic E-state index is 11.6. The van der Waals surface area contributed by atoms with Crippen molar-refractivity contribution >= 4 is 5.78 Å². The van der Waals surface area contributed by atoms with Crippen molar-refractivity contribution in [2.75, 3.05) is 0 Å². The highest BCUT2D eigenvalue weighted by Crippen LogP contribution is 2.15. The van der Waals surface area contributed by atoms with E-state index in [4.69, 9.17) is 0 Å². The van der Waals surface area contributed by atoms with Gasteiger partial charge in [-0.2, -0.15) is 0 Å². The van der Waals surface area contributed by atoms with Crippen molar-refractivity contribution in [2.45, 2.75) is 33.1 Å². The molecule has 0 amide bonds. The van der Waals surface area contributed by atoms with Gasteiger partial charge >= 0.3 is 0 Å². The van der Waals surface area contributed by atoms with Crippen LogP contribution >= 0.6 is 0 Å². The summed E-state index contributed by atoms with van der Waals surface area (Å²) in [6, 6.07) is 7.79. The molecule has 0 fully saturated rings. The molecule has 0 saturated carbocycles. The van der Waals surface area contributed by atoms with Crippen LogP contribution in [0.1, 0.15) is 49.0 Å². The molecular weight excluding hydrogens is 184 g/mol. The SMILES string of the molecule is CC#CCC(=O)c1ccc(C(C)C)cc1. The standard InChI is InChI=1S/C14H16O/c1-4-5-6-14(15)13-9-7-12(8-10-13)11(2)3/h7-11H,6H2,1-3H3. The summed E-state index contributed by atoms with van der Waals surface area (Å²) in [5, 5.41) is 0. The lowest BCUT2D eigenvalue weighted by Gasteiger charge is -2.05. The zero-order valence-corrected chi connectivity index (χ0v) is 9.50. The Kier molecular flexibility index (Phi) is 4.12. The zero-order chi connectivity index (χ0) is 11.3. The van der Waals surface area contributed by atoms with Crippen LogP contribution in [0.3, 0.4) is 0 Å². The van der Waals surface area contributed by atoms with Crippen molar-refractivity contribution in [1.82, 2.24) is 0 Å². The normalized spacial score (nSPS) is 9.60. The third-order valence-electron chi connectivity index (χ3n) is 2.33. The van der Waals surface area contributed by atoms with Gasteiger partial charge in [-0.05, 0) is 18.4 Å². The van der Waals surface area contributed by atoms with Gasteiger partial charge < -0.3 is 0 Å². The fourth-order valence-electron chi connectivity index (χ4n) is 1.32. The van der Waals surface area contributed by atoms with E-state index in [0.29, 0.717) is 12.3 Å². The summed E-state index contributed by atoms with van der Waals surface area (Å²) in [6.45, 7) is 6.02. The van der Waals surface area contributed by atoms with E-state index in [1.807, 2.05) is 24.3 Å². The Hall–Kier alpha value is -1.55. The molecule has 0 unspecified atom stereocenters. The average Bonchev–Trinajstić information content (AvgIpc) is 2.26. The van der Waals surface area contributed by atoms with Crippen molar-refractivity contribution in [2.24, 2.45) is 0 Å². The van der Waals surface area contributed by atoms with Crippen molar-refractivity contribution < 1.29 is 4.79 Å². The molecule has 0 bridgehead atoms. The van der Waals surface area contributed by atoms with Crippen LogP contribution in [-0.4, -0.2) is 5.78 Å². The molecule has 78 valence electrons. The number of Topliss-reactive ketones (excluding diaryl/α,β-unsaturated/α-hetero) is 1. The largest absolute Gasteiger partial charge is 0.293 e. The highest BCUT2D eigenvalue weighted by molar-refractivity contribution is 5.97. The van der Waals surface area contributed by atoms with Gasteiger partial charge in [0.2, 0.25) is 0 Å². The topological polar surface area (TPSA) is 17.1 Å². The first kappa shape index (κ1) is 11.5. The van der Waals surface area contributed by atoms with Crippen molar-refractivity contribution in [1.29, 1.82) is 0 Å². The van der Waals surface area contributed by atoms with E-state index in [1.54, 1.807) is 6.92 Å². The van der Waals surface area contributed by atoms with Crippen molar-refractivity contribution in [3.8, 4) is 11.8 Å². The fraction of sp³-hybridized carbons (Fsp3) is 0.357. The van der Waals surface area contributed by atoms with Crippen molar-refractivity contribution in [3.05, 3.63) is 35.4 Å². The Morgan fingerprint density at radius 2 is 1.87 bits per heavy atom. The highest BCUT2D eigenvalue weighted by Gasteiger charge is 2.04. The quantitative estimate of drug-likeness (QED) is 0.540. The molecule has 0 heterocycles. The first-order valence-electron chi connectivity index (χ1n) is 5.18. The first-order chi connectivity index (χ1) is 7.15. The molecular formula is C14H16O. The van der Waals surface area contributed by atoms with Gasteiger partial charge in [0.1, 0.15) is 0 Å². The summed E-state index contributed by atoms with van der Waals surface area (Å²) in [4.78, 5) is 11.6. The molecule has 0 atom stereocenters. The maximum absolute atomic E-state index is 11.6. The third-order valence-corrected chi connectivity index (χ3v) is 2.33. The molecule has 1 aromatic rings. The summed E-state index contributed by atoms with van der Waals surface area (Å²) in [7, 11) is 0. The van der Waals surface area contributed by atoms with Gasteiger partial charge in [-0.3, -0.25) is 4.79 Å². The van der Waals surface area contributed by atoms with Crippen LogP contribution < -0.4 is 0 Å². The van der Waals surface area contributed by atoms with Crippen molar-refractivity contribution in [3.63, 3.8) is 0 Å². The van der Waals surface area contributed by atoms with E-state index in [1.165, 1.54) is 5.56 Å². The lowest BCUT2D eigenvalue weighted by Crippen LogP contribution is -1.98. The average molecular weight is 200 g/mol. The molecule has 0 spiro atoms. The molecule has 0 aromatic heterocycles. The van der Waals surface area contributed by atoms with Crippen LogP contribution in [0.2, 0.25) is 0 Å². The Balaban J connectivity index is 2.78. The number of hydrogen-bond acceptors (Lipinski definition) is 1. The second-order valence-electron chi connectivity index (χ2n) is 3.80. The Bertz CT molecular complexity index is 388. The molecule has 0 radical (unpaired) electrons. The fourth-order valence-corrected chi connectivity index (χ4v) is 1.32. The highest BCUT2D eigenvalue weighted by atomic mass is 16.1. The minimum absolute atomic E-state index is 0.0969. The van der Waals surface area contributed by atoms with Crippen LogP contribution in [0.4, 0.5) is 0 Å². The van der Waals surface area contributed by atoms with E-state index in [2.05, 4.69) is 25.7 Å². The summed E-state index contributed by atoms with van der Waals surface area (Å²) in [6.07, 6.45) is 0.317. The van der Waals surface area contributed by atoms with E-state index in [0.717, 1.165) is 5.56 Å². The monoisotopic (exact) mass is 200 g/mol. The second kappa shape index (κ2) is 5.36. The Labute approximate surface area is 91.5 Å². The van der Waals surface area contributed by atoms with Gasteiger partial charge in [0.25, 0.3) is 0 Å². The number of rotatable bonds is 3. The Morgan fingerprint density at radius 1 is 1.27 bits per heavy atom. The number of ketones is 1. The van der Waals surface area contributed by atoms with E-state index >= 15 is 0 Å². The van der Waals surface area contributed by atoms with Gasteiger partial charge in [-0.15, -0.1) is 5.92 Å². The van der Waals surface area contributed by atoms with Gasteiger partial charge in [-0.1, -0.05) is 44.0 Å². The number of carbonyl (C=O) groups excluding carboxylic acids is 1. The lowest BCUT2D eigenvalue weighted by molar-refractivity contribution is 0.0998. The summed E-state index contributed by atoms with van der Waals surface area (Å²) in [5.41, 5.74) is 2.01. The summed E-state index contributed by atoms with van der Waals surface area (Å²) >= 11 is 0. The minimum atomic E-state index is 0.0969. The van der Waals surface area contributed by atoms with E-state index in [-0.39, 0.29) is 5.78 Å². The molecule has 0 aliphatic carbocycles. The van der Waals surface area contributed by atoms with Crippen LogP contribution in [-0.2, 0) is 0 Å². The second-order valence-corrected chi connectivity index (χ2v) is 3.80. The molecule has 1 heteroatoms. The summed E-state index contributed by atoms with van der Waals surface area (Å²) in [5.74, 6) is 6.11. The van der Waals surface area contributed by atoms with E-state index in [9.17, 15) is 4.79 Å². The number of hydrogen-bond donors (Lipinski definition) is 0. The lowest BCUT2D eigenvalue weighted by atomic mass is 10.00. The maximum Gasteiger partial charge on any atom is 0.174 e.